The molecular formula is C21H28N4O. The van der Waals surface area contributed by atoms with Crippen LogP contribution >= 0.6 is 0 Å². The molecule has 0 spiro atoms. The molecule has 2 unspecified atom stereocenters. The second-order valence-electron chi connectivity index (χ2n) is 7.88. The van der Waals surface area contributed by atoms with Crippen molar-refractivity contribution in [3.8, 4) is 0 Å². The van der Waals surface area contributed by atoms with Crippen LogP contribution < -0.4 is 5.73 Å². The Morgan fingerprint density at radius 1 is 1.27 bits per heavy atom. The van der Waals surface area contributed by atoms with Crippen LogP contribution in [-0.2, 0) is 11.3 Å². The Balaban J connectivity index is 1.60. The van der Waals surface area contributed by atoms with Crippen molar-refractivity contribution in [2.24, 2.45) is 11.7 Å². The zero-order valence-corrected chi connectivity index (χ0v) is 15.5. The van der Waals surface area contributed by atoms with Crippen LogP contribution in [0.25, 0.3) is 10.9 Å². The number of nitrogens with two attached hydrogens (primary N) is 1. The molecule has 0 bridgehead atoms. The molecule has 0 aliphatic carbocycles. The third-order valence-corrected chi connectivity index (χ3v) is 5.87. The third kappa shape index (κ3) is 3.33. The zero-order chi connectivity index (χ0) is 18.1. The van der Waals surface area contributed by atoms with E-state index in [0.717, 1.165) is 43.7 Å². The molecule has 0 saturated carbocycles. The summed E-state index contributed by atoms with van der Waals surface area (Å²) >= 11 is 0. The van der Waals surface area contributed by atoms with Crippen molar-refractivity contribution in [1.82, 2.24) is 14.8 Å². The first-order chi connectivity index (χ1) is 12.7. The number of rotatable bonds is 4. The van der Waals surface area contributed by atoms with Crippen molar-refractivity contribution < 1.29 is 4.79 Å². The third-order valence-electron chi connectivity index (χ3n) is 5.87. The molecule has 26 heavy (non-hydrogen) atoms. The van der Waals surface area contributed by atoms with Gasteiger partial charge in [0.25, 0.3) is 0 Å². The van der Waals surface area contributed by atoms with Crippen molar-refractivity contribution in [3.05, 3.63) is 41.6 Å². The van der Waals surface area contributed by atoms with E-state index >= 15 is 0 Å². The number of likely N-dealkylation sites (tertiary alicyclic amines) is 2. The van der Waals surface area contributed by atoms with Crippen LogP contribution in [0.5, 0.6) is 0 Å². The maximum absolute atomic E-state index is 12.7. The van der Waals surface area contributed by atoms with Crippen molar-refractivity contribution in [1.29, 1.82) is 0 Å². The quantitative estimate of drug-likeness (QED) is 0.917. The second-order valence-corrected chi connectivity index (χ2v) is 7.88. The van der Waals surface area contributed by atoms with Gasteiger partial charge < -0.3 is 10.6 Å². The van der Waals surface area contributed by atoms with Crippen LogP contribution in [0.2, 0.25) is 0 Å². The first kappa shape index (κ1) is 17.4. The number of aromatic nitrogens is 1. The Morgan fingerprint density at radius 3 is 2.85 bits per heavy atom. The first-order valence-electron chi connectivity index (χ1n) is 9.72. The van der Waals surface area contributed by atoms with E-state index in [1.807, 2.05) is 12.3 Å². The summed E-state index contributed by atoms with van der Waals surface area (Å²) in [5.74, 6) is 1.15. The summed E-state index contributed by atoms with van der Waals surface area (Å²) in [5.41, 5.74) is 9.29. The molecule has 2 aliphatic rings. The predicted molar refractivity (Wildman–Crippen MR) is 104 cm³/mol. The van der Waals surface area contributed by atoms with E-state index in [9.17, 15) is 4.79 Å². The number of piperidine rings is 1. The van der Waals surface area contributed by atoms with Crippen LogP contribution in [0.4, 0.5) is 0 Å². The van der Waals surface area contributed by atoms with E-state index in [-0.39, 0.29) is 5.91 Å². The Morgan fingerprint density at radius 2 is 2.12 bits per heavy atom. The van der Waals surface area contributed by atoms with E-state index in [1.54, 1.807) is 0 Å². The molecule has 2 N–H and O–H groups in total. The van der Waals surface area contributed by atoms with Gasteiger partial charge in [-0.3, -0.25) is 14.7 Å². The highest BCUT2D eigenvalue weighted by Crippen LogP contribution is 2.35. The number of hydrogen-bond donors (Lipinski definition) is 1. The molecule has 1 aromatic carbocycles. The fourth-order valence-electron chi connectivity index (χ4n) is 4.39. The molecule has 138 valence electrons. The minimum Gasteiger partial charge on any atom is -0.341 e. The van der Waals surface area contributed by atoms with Gasteiger partial charge in [-0.25, -0.2) is 0 Å². The highest BCUT2D eigenvalue weighted by Gasteiger charge is 2.31. The molecule has 3 heterocycles. The molecule has 2 atom stereocenters. The number of pyridine rings is 1. The van der Waals surface area contributed by atoms with Gasteiger partial charge in [-0.1, -0.05) is 25.1 Å². The average Bonchev–Trinajstić information content (AvgIpc) is 2.63. The largest absolute Gasteiger partial charge is 0.341 e. The van der Waals surface area contributed by atoms with Gasteiger partial charge in [-0.05, 0) is 49.0 Å². The second kappa shape index (κ2) is 7.33. The number of amides is 1. The number of fused-ring (bicyclic) bond motifs is 1. The molecule has 0 radical (unpaired) electrons. The maximum atomic E-state index is 12.7. The van der Waals surface area contributed by atoms with Crippen LogP contribution in [0.3, 0.4) is 0 Å². The summed E-state index contributed by atoms with van der Waals surface area (Å²) in [6.07, 6.45) is 4.16. The van der Waals surface area contributed by atoms with Crippen molar-refractivity contribution in [3.63, 3.8) is 0 Å². The molecule has 1 aromatic heterocycles. The topological polar surface area (TPSA) is 62.5 Å². The molecular weight excluding hydrogens is 324 g/mol. The maximum Gasteiger partial charge on any atom is 0.236 e. The van der Waals surface area contributed by atoms with Crippen LogP contribution in [0.15, 0.2) is 30.5 Å². The Kier molecular flexibility index (Phi) is 4.92. The van der Waals surface area contributed by atoms with Gasteiger partial charge >= 0.3 is 0 Å². The predicted octanol–water partition coefficient (Wildman–Crippen LogP) is 2.35. The smallest absolute Gasteiger partial charge is 0.236 e. The van der Waals surface area contributed by atoms with E-state index in [2.05, 4.69) is 39.9 Å². The van der Waals surface area contributed by atoms with Crippen molar-refractivity contribution >= 4 is 16.8 Å². The Hall–Kier alpha value is -1.98. The van der Waals surface area contributed by atoms with Crippen molar-refractivity contribution in [2.45, 2.75) is 32.2 Å². The molecule has 5 heteroatoms. The average molecular weight is 352 g/mol. The zero-order valence-electron chi connectivity index (χ0n) is 15.5. The number of hydrogen-bond acceptors (Lipinski definition) is 4. The van der Waals surface area contributed by atoms with Gasteiger partial charge in [0, 0.05) is 37.1 Å². The van der Waals surface area contributed by atoms with Gasteiger partial charge in [0.1, 0.15) is 0 Å². The molecule has 2 saturated heterocycles. The van der Waals surface area contributed by atoms with Gasteiger partial charge in [0.05, 0.1) is 12.1 Å². The summed E-state index contributed by atoms with van der Waals surface area (Å²) < 4.78 is 0. The van der Waals surface area contributed by atoms with E-state index in [0.29, 0.717) is 24.9 Å². The fourth-order valence-corrected chi connectivity index (χ4v) is 4.39. The first-order valence-corrected chi connectivity index (χ1v) is 9.72. The van der Waals surface area contributed by atoms with E-state index in [1.165, 1.54) is 17.4 Å². The van der Waals surface area contributed by atoms with Crippen LogP contribution in [0, 0.1) is 5.92 Å². The molecule has 1 amide bonds. The monoisotopic (exact) mass is 352 g/mol. The number of carbonyl (C=O) groups excluding carboxylic acids is 1. The lowest BCUT2D eigenvalue weighted by molar-refractivity contribution is -0.135. The van der Waals surface area contributed by atoms with Gasteiger partial charge in [0.2, 0.25) is 5.91 Å². The summed E-state index contributed by atoms with van der Waals surface area (Å²) in [6.45, 7) is 7.14. The molecule has 4 rings (SSSR count). The minimum absolute atomic E-state index is 0.280. The SMILES string of the molecule is CC1CC(c2ccc(CN)c3ncccc23)CN(C(=O)CN2CCC2)C1. The van der Waals surface area contributed by atoms with E-state index in [4.69, 9.17) is 5.73 Å². The highest BCUT2D eigenvalue weighted by molar-refractivity contribution is 5.86. The summed E-state index contributed by atoms with van der Waals surface area (Å²) in [7, 11) is 0. The highest BCUT2D eigenvalue weighted by atomic mass is 16.2. The Bertz CT molecular complexity index is 802. The number of carbonyl (C=O) groups is 1. The summed E-state index contributed by atoms with van der Waals surface area (Å²) in [4.78, 5) is 21.6. The normalized spacial score (nSPS) is 23.8. The van der Waals surface area contributed by atoms with Gasteiger partial charge in [-0.2, -0.15) is 0 Å². The minimum atomic E-state index is 0.280. The van der Waals surface area contributed by atoms with Crippen LogP contribution in [-0.4, -0.2) is 53.4 Å². The lowest BCUT2D eigenvalue weighted by Gasteiger charge is -2.39. The lowest BCUT2D eigenvalue weighted by Crippen LogP contribution is -2.49. The molecule has 5 nitrogen and oxygen atoms in total. The number of nitrogens with zero attached hydrogens (tertiary/aromatic N) is 3. The Labute approximate surface area is 155 Å². The summed E-state index contributed by atoms with van der Waals surface area (Å²) in [6, 6.07) is 8.44. The van der Waals surface area contributed by atoms with Crippen molar-refractivity contribution in [2.75, 3.05) is 32.7 Å². The molecule has 2 aromatic rings. The molecule has 2 aliphatic heterocycles. The standard InChI is InChI=1S/C21H28N4O/c1-15-10-17(13-25(12-15)20(26)14-24-8-3-9-24)18-6-5-16(11-22)21-19(18)4-2-7-23-21/h2,4-7,15,17H,3,8-14,22H2,1H3. The number of benzene rings is 1. The van der Waals surface area contributed by atoms with Crippen LogP contribution in [0.1, 0.15) is 36.8 Å². The molecule has 2 fully saturated rings. The van der Waals surface area contributed by atoms with E-state index < -0.39 is 0 Å². The lowest BCUT2D eigenvalue weighted by atomic mass is 9.83. The van der Waals surface area contributed by atoms with Gasteiger partial charge in [-0.15, -0.1) is 0 Å². The van der Waals surface area contributed by atoms with Gasteiger partial charge in [0.15, 0.2) is 0 Å². The fraction of sp³-hybridized carbons (Fsp3) is 0.524. The summed E-state index contributed by atoms with van der Waals surface area (Å²) in [5, 5.41) is 1.18.